The van der Waals surface area contributed by atoms with Crippen LogP contribution in [0.1, 0.15) is 34.1 Å². The van der Waals surface area contributed by atoms with Crippen LogP contribution in [0.4, 0.5) is 0 Å². The van der Waals surface area contributed by atoms with Crippen LogP contribution in [-0.4, -0.2) is 73.9 Å². The first-order valence-corrected chi connectivity index (χ1v) is 9.74. The van der Waals surface area contributed by atoms with Crippen LogP contribution in [0.3, 0.4) is 0 Å². The second-order valence-corrected chi connectivity index (χ2v) is 7.31. The van der Waals surface area contributed by atoms with E-state index in [-0.39, 0.29) is 36.2 Å². The van der Waals surface area contributed by atoms with Crippen LogP contribution in [0.25, 0.3) is 0 Å². The predicted octanol–water partition coefficient (Wildman–Crippen LogP) is -3.52. The Kier molecular flexibility index (Phi) is 11.7. The number of ether oxygens (including phenoxy) is 5. The molecule has 1 aliphatic rings. The maximum atomic E-state index is 11.5. The Labute approximate surface area is 185 Å². The third kappa shape index (κ3) is 9.16. The standard InChI is InChI=1S/C15H24O11S.Na/c1-5-6-22-15-14(25-10(4)18)13(24-9(3)17)12(23-8(2)16)11(26-15)7-27(19,20)21;/h11-15H,5-7H2,1-4H3,(H,19,20,21);/q;+1/p-1. The van der Waals surface area contributed by atoms with Gasteiger partial charge in [-0.2, -0.15) is 0 Å². The molecule has 1 fully saturated rings. The van der Waals surface area contributed by atoms with Gasteiger partial charge in [0.2, 0.25) is 0 Å². The molecule has 0 radical (unpaired) electrons. The van der Waals surface area contributed by atoms with Crippen molar-refractivity contribution in [3.8, 4) is 0 Å². The minimum Gasteiger partial charge on any atom is -0.748 e. The smallest absolute Gasteiger partial charge is 0.748 e. The van der Waals surface area contributed by atoms with E-state index >= 15 is 0 Å². The van der Waals surface area contributed by atoms with E-state index in [1.807, 2.05) is 0 Å². The van der Waals surface area contributed by atoms with E-state index in [2.05, 4.69) is 0 Å². The molecule has 1 rings (SSSR count). The summed E-state index contributed by atoms with van der Waals surface area (Å²) in [6.45, 7) is 5.12. The summed E-state index contributed by atoms with van der Waals surface area (Å²) in [6, 6.07) is 0. The molecular weight excluding hydrogens is 411 g/mol. The average molecular weight is 434 g/mol. The number of carbonyl (C=O) groups is 3. The molecule has 0 amide bonds. The first kappa shape index (κ1) is 27.2. The van der Waals surface area contributed by atoms with Crippen LogP contribution in [0.5, 0.6) is 0 Å². The zero-order chi connectivity index (χ0) is 20.8. The molecule has 0 bridgehead atoms. The van der Waals surface area contributed by atoms with Gasteiger partial charge in [0.15, 0.2) is 24.6 Å². The van der Waals surface area contributed by atoms with Gasteiger partial charge in [-0.05, 0) is 6.42 Å². The fourth-order valence-corrected chi connectivity index (χ4v) is 3.23. The van der Waals surface area contributed by atoms with Crippen molar-refractivity contribution in [3.05, 3.63) is 0 Å². The second-order valence-electron chi connectivity index (χ2n) is 5.86. The van der Waals surface area contributed by atoms with E-state index in [9.17, 15) is 27.4 Å². The summed E-state index contributed by atoms with van der Waals surface area (Å²) in [4.78, 5) is 34.4. The van der Waals surface area contributed by atoms with Crippen LogP contribution in [0.2, 0.25) is 0 Å². The molecule has 0 aliphatic carbocycles. The first-order chi connectivity index (χ1) is 12.4. The van der Waals surface area contributed by atoms with Gasteiger partial charge in [-0.25, -0.2) is 8.42 Å². The molecule has 13 heteroatoms. The fraction of sp³-hybridized carbons (Fsp3) is 0.800. The maximum absolute atomic E-state index is 11.5. The molecule has 0 aromatic rings. The van der Waals surface area contributed by atoms with Gasteiger partial charge in [-0.15, -0.1) is 0 Å². The van der Waals surface area contributed by atoms with Gasteiger partial charge in [-0.1, -0.05) is 6.92 Å². The molecular formula is C15H23NaO11S. The van der Waals surface area contributed by atoms with E-state index in [1.165, 1.54) is 0 Å². The summed E-state index contributed by atoms with van der Waals surface area (Å²) in [5.74, 6) is -3.48. The van der Waals surface area contributed by atoms with Crippen molar-refractivity contribution in [1.82, 2.24) is 0 Å². The van der Waals surface area contributed by atoms with Gasteiger partial charge in [0.1, 0.15) is 6.10 Å². The molecule has 5 atom stereocenters. The summed E-state index contributed by atoms with van der Waals surface area (Å²) in [7, 11) is -4.80. The van der Waals surface area contributed by atoms with Crippen molar-refractivity contribution >= 4 is 28.0 Å². The third-order valence-electron chi connectivity index (χ3n) is 3.35. The summed E-state index contributed by atoms with van der Waals surface area (Å²) in [6.07, 6.45) is -6.55. The van der Waals surface area contributed by atoms with Crippen molar-refractivity contribution in [2.75, 3.05) is 12.4 Å². The predicted molar refractivity (Wildman–Crippen MR) is 86.1 cm³/mol. The Hall–Kier alpha value is -0.760. The fourth-order valence-electron chi connectivity index (χ4n) is 2.56. The number of carbonyl (C=O) groups excluding carboxylic acids is 3. The van der Waals surface area contributed by atoms with Crippen molar-refractivity contribution < 1.29 is 80.6 Å². The van der Waals surface area contributed by atoms with Gasteiger partial charge in [0, 0.05) is 27.4 Å². The minimum absolute atomic E-state index is 0. The van der Waals surface area contributed by atoms with E-state index in [0.29, 0.717) is 6.42 Å². The van der Waals surface area contributed by atoms with E-state index in [4.69, 9.17) is 23.7 Å². The number of hydrogen-bond acceptors (Lipinski definition) is 11. The summed E-state index contributed by atoms with van der Waals surface area (Å²) >= 11 is 0. The molecule has 5 unspecified atom stereocenters. The van der Waals surface area contributed by atoms with Gasteiger partial charge in [0.25, 0.3) is 0 Å². The number of esters is 3. The molecule has 156 valence electrons. The van der Waals surface area contributed by atoms with Crippen LogP contribution >= 0.6 is 0 Å². The molecule has 0 aromatic carbocycles. The van der Waals surface area contributed by atoms with Gasteiger partial charge in [0.05, 0.1) is 15.9 Å². The molecule has 1 heterocycles. The summed E-state index contributed by atoms with van der Waals surface area (Å²) in [5.41, 5.74) is 0. The Balaban J connectivity index is 0.00000729. The van der Waals surface area contributed by atoms with Crippen molar-refractivity contribution in [2.45, 2.75) is 64.8 Å². The van der Waals surface area contributed by atoms with E-state index < -0.39 is 64.5 Å². The monoisotopic (exact) mass is 434 g/mol. The molecule has 11 nitrogen and oxygen atoms in total. The summed E-state index contributed by atoms with van der Waals surface area (Å²) in [5, 5.41) is 0. The first-order valence-electron chi connectivity index (χ1n) is 8.16. The van der Waals surface area contributed by atoms with Crippen LogP contribution in [0, 0.1) is 0 Å². The van der Waals surface area contributed by atoms with Crippen molar-refractivity contribution in [3.63, 3.8) is 0 Å². The van der Waals surface area contributed by atoms with Gasteiger partial charge >= 0.3 is 47.5 Å². The molecule has 28 heavy (non-hydrogen) atoms. The molecule has 1 aliphatic heterocycles. The topological polar surface area (TPSA) is 155 Å². The van der Waals surface area contributed by atoms with E-state index in [1.54, 1.807) is 6.92 Å². The molecule has 0 spiro atoms. The number of rotatable bonds is 8. The Morgan fingerprint density at radius 1 is 0.929 bits per heavy atom. The molecule has 0 aromatic heterocycles. The molecule has 1 saturated heterocycles. The van der Waals surface area contributed by atoms with Crippen LogP contribution in [-0.2, 0) is 48.2 Å². The second kappa shape index (κ2) is 12.1. The zero-order valence-electron chi connectivity index (χ0n) is 16.4. The Bertz CT molecular complexity index is 650. The van der Waals surface area contributed by atoms with Crippen molar-refractivity contribution in [2.24, 2.45) is 0 Å². The minimum atomic E-state index is -4.80. The maximum Gasteiger partial charge on any atom is 1.00 e. The zero-order valence-corrected chi connectivity index (χ0v) is 19.2. The van der Waals surface area contributed by atoms with Crippen molar-refractivity contribution in [1.29, 1.82) is 0 Å². The molecule has 0 N–H and O–H groups in total. The Morgan fingerprint density at radius 3 is 1.82 bits per heavy atom. The molecule has 0 saturated carbocycles. The largest absolute Gasteiger partial charge is 1.00 e. The summed E-state index contributed by atoms with van der Waals surface area (Å²) < 4.78 is 59.9. The normalized spacial score (nSPS) is 27.2. The Morgan fingerprint density at radius 2 is 1.39 bits per heavy atom. The van der Waals surface area contributed by atoms with Crippen LogP contribution in [0.15, 0.2) is 0 Å². The average Bonchev–Trinajstić information content (AvgIpc) is 2.48. The quantitative estimate of drug-likeness (QED) is 0.162. The number of hydrogen-bond donors (Lipinski definition) is 0. The van der Waals surface area contributed by atoms with Gasteiger partial charge < -0.3 is 28.2 Å². The van der Waals surface area contributed by atoms with Crippen LogP contribution < -0.4 is 29.6 Å². The SMILES string of the molecule is CCCOC1OC(CS(=O)(=O)[O-])C(OC(C)=O)C(OC(C)=O)C1OC(C)=O.[Na+]. The third-order valence-corrected chi connectivity index (χ3v) is 4.09. The van der Waals surface area contributed by atoms with Gasteiger partial charge in [-0.3, -0.25) is 14.4 Å². The van der Waals surface area contributed by atoms with E-state index in [0.717, 1.165) is 20.8 Å².